The summed E-state index contributed by atoms with van der Waals surface area (Å²) in [5.41, 5.74) is 1.06. The molecule has 2 fully saturated rings. The van der Waals surface area contributed by atoms with Gasteiger partial charge >= 0.3 is 6.03 Å². The fraction of sp³-hybridized carbons (Fsp3) is 0.706. The van der Waals surface area contributed by atoms with Crippen molar-refractivity contribution in [1.82, 2.24) is 25.3 Å². The first-order chi connectivity index (χ1) is 12.2. The molecule has 2 aliphatic heterocycles. The molecule has 25 heavy (non-hydrogen) atoms. The number of amides is 3. The number of carbonyl (C=O) groups excluding carboxylic acids is 2. The van der Waals surface area contributed by atoms with Crippen LogP contribution in [0.15, 0.2) is 12.3 Å². The number of H-pyrrole nitrogens is 1. The van der Waals surface area contributed by atoms with E-state index in [9.17, 15) is 9.59 Å². The molecule has 2 saturated heterocycles. The Morgan fingerprint density at radius 1 is 1.36 bits per heavy atom. The Morgan fingerprint density at radius 3 is 2.84 bits per heavy atom. The molecule has 2 atom stereocenters. The van der Waals surface area contributed by atoms with Crippen LogP contribution in [0.4, 0.5) is 4.79 Å². The van der Waals surface area contributed by atoms with Gasteiger partial charge in [0.05, 0.1) is 13.2 Å². The van der Waals surface area contributed by atoms with E-state index in [0.29, 0.717) is 39.3 Å². The van der Waals surface area contributed by atoms with E-state index in [2.05, 4.69) is 15.5 Å². The normalized spacial score (nSPS) is 22.5. The van der Waals surface area contributed by atoms with Crippen LogP contribution >= 0.6 is 0 Å². The minimum atomic E-state index is -0.474. The summed E-state index contributed by atoms with van der Waals surface area (Å²) < 4.78 is 5.29. The SMILES string of the molecule is CCC(NC(=O)N1CCCC(c2ccn[nH]2)C1)C(=O)N1CCOCC1. The molecule has 8 nitrogen and oxygen atoms in total. The summed E-state index contributed by atoms with van der Waals surface area (Å²) >= 11 is 0. The second-order valence-electron chi connectivity index (χ2n) is 6.65. The number of nitrogens with zero attached hydrogens (tertiary/aromatic N) is 3. The van der Waals surface area contributed by atoms with Crippen molar-refractivity contribution in [1.29, 1.82) is 0 Å². The molecule has 0 spiro atoms. The first kappa shape index (κ1) is 17.7. The van der Waals surface area contributed by atoms with Crippen LogP contribution in [-0.4, -0.2) is 77.4 Å². The molecule has 0 radical (unpaired) electrons. The number of likely N-dealkylation sites (tertiary alicyclic amines) is 1. The van der Waals surface area contributed by atoms with Gasteiger partial charge in [-0.15, -0.1) is 0 Å². The summed E-state index contributed by atoms with van der Waals surface area (Å²) in [4.78, 5) is 28.9. The number of carbonyl (C=O) groups is 2. The largest absolute Gasteiger partial charge is 0.378 e. The van der Waals surface area contributed by atoms with Crippen LogP contribution in [0.1, 0.15) is 37.8 Å². The van der Waals surface area contributed by atoms with E-state index in [1.54, 1.807) is 11.1 Å². The van der Waals surface area contributed by atoms with Crippen LogP contribution in [0.5, 0.6) is 0 Å². The molecule has 3 heterocycles. The molecule has 2 aliphatic rings. The molecule has 0 saturated carbocycles. The smallest absolute Gasteiger partial charge is 0.318 e. The van der Waals surface area contributed by atoms with Crippen molar-refractivity contribution in [2.75, 3.05) is 39.4 Å². The number of hydrogen-bond donors (Lipinski definition) is 2. The van der Waals surface area contributed by atoms with Gasteiger partial charge in [0, 0.05) is 44.0 Å². The van der Waals surface area contributed by atoms with Crippen molar-refractivity contribution >= 4 is 11.9 Å². The molecule has 0 aliphatic carbocycles. The third-order valence-electron chi connectivity index (χ3n) is 5.00. The highest BCUT2D eigenvalue weighted by Gasteiger charge is 2.30. The molecular formula is C17H27N5O3. The van der Waals surface area contributed by atoms with Crippen LogP contribution < -0.4 is 5.32 Å². The monoisotopic (exact) mass is 349 g/mol. The Balaban J connectivity index is 1.56. The maximum Gasteiger partial charge on any atom is 0.318 e. The first-order valence-corrected chi connectivity index (χ1v) is 9.10. The average molecular weight is 349 g/mol. The zero-order valence-electron chi connectivity index (χ0n) is 14.7. The lowest BCUT2D eigenvalue weighted by atomic mass is 9.95. The quantitative estimate of drug-likeness (QED) is 0.846. The number of aromatic amines is 1. The fourth-order valence-corrected chi connectivity index (χ4v) is 3.49. The Morgan fingerprint density at radius 2 is 2.16 bits per heavy atom. The molecule has 1 aromatic rings. The molecule has 2 unspecified atom stereocenters. The van der Waals surface area contributed by atoms with Gasteiger partial charge in [-0.05, 0) is 25.3 Å². The number of hydrogen-bond acceptors (Lipinski definition) is 4. The number of nitrogens with one attached hydrogen (secondary N) is 2. The Hall–Kier alpha value is -2.09. The highest BCUT2D eigenvalue weighted by atomic mass is 16.5. The average Bonchev–Trinajstić information content (AvgIpc) is 3.21. The van der Waals surface area contributed by atoms with Gasteiger partial charge in [0.2, 0.25) is 5.91 Å². The number of morpholine rings is 1. The van der Waals surface area contributed by atoms with Crippen LogP contribution in [0.3, 0.4) is 0 Å². The highest BCUT2D eigenvalue weighted by Crippen LogP contribution is 2.25. The van der Waals surface area contributed by atoms with Crippen LogP contribution in [0.2, 0.25) is 0 Å². The van der Waals surface area contributed by atoms with Crippen LogP contribution in [0, 0.1) is 0 Å². The molecule has 3 amide bonds. The summed E-state index contributed by atoms with van der Waals surface area (Å²) in [6, 6.07) is 1.33. The number of aromatic nitrogens is 2. The van der Waals surface area contributed by atoms with E-state index in [0.717, 1.165) is 25.1 Å². The lowest BCUT2D eigenvalue weighted by Crippen LogP contribution is -2.55. The summed E-state index contributed by atoms with van der Waals surface area (Å²) in [5, 5.41) is 9.93. The van der Waals surface area contributed by atoms with Gasteiger partial charge in [0.15, 0.2) is 0 Å². The molecule has 0 aromatic carbocycles. The molecule has 3 rings (SSSR count). The number of urea groups is 1. The van der Waals surface area contributed by atoms with E-state index in [-0.39, 0.29) is 17.9 Å². The molecular weight excluding hydrogens is 322 g/mol. The zero-order valence-corrected chi connectivity index (χ0v) is 14.7. The first-order valence-electron chi connectivity index (χ1n) is 9.10. The van der Waals surface area contributed by atoms with Crippen molar-refractivity contribution in [2.24, 2.45) is 0 Å². The standard InChI is InChI=1S/C17H27N5O3/c1-2-14(16(23)21-8-10-25-11-9-21)19-17(24)22-7-3-4-13(12-22)15-5-6-18-20-15/h5-6,13-14H,2-4,7-12H2,1H3,(H,18,20)(H,19,24). The van der Waals surface area contributed by atoms with E-state index in [1.807, 2.05) is 17.9 Å². The van der Waals surface area contributed by atoms with E-state index in [1.165, 1.54) is 0 Å². The summed E-state index contributed by atoms with van der Waals surface area (Å²) in [6.07, 6.45) is 4.31. The molecule has 138 valence electrons. The zero-order chi connectivity index (χ0) is 17.6. The topological polar surface area (TPSA) is 90.6 Å². The van der Waals surface area contributed by atoms with Crippen molar-refractivity contribution < 1.29 is 14.3 Å². The van der Waals surface area contributed by atoms with Crippen molar-refractivity contribution in [2.45, 2.75) is 38.1 Å². The van der Waals surface area contributed by atoms with Crippen molar-refractivity contribution in [3.63, 3.8) is 0 Å². The van der Waals surface area contributed by atoms with E-state index >= 15 is 0 Å². The molecule has 8 heteroatoms. The Bertz CT molecular complexity index is 571. The van der Waals surface area contributed by atoms with Gasteiger partial charge in [-0.3, -0.25) is 9.89 Å². The maximum absolute atomic E-state index is 12.7. The lowest BCUT2D eigenvalue weighted by molar-refractivity contribution is -0.137. The Kier molecular flexibility index (Phi) is 5.91. The van der Waals surface area contributed by atoms with Gasteiger partial charge in [0.25, 0.3) is 0 Å². The molecule has 0 bridgehead atoms. The van der Waals surface area contributed by atoms with Crippen LogP contribution in [-0.2, 0) is 9.53 Å². The van der Waals surface area contributed by atoms with Crippen molar-refractivity contribution in [3.8, 4) is 0 Å². The van der Waals surface area contributed by atoms with Gasteiger partial charge in [-0.1, -0.05) is 6.92 Å². The third kappa shape index (κ3) is 4.31. The predicted octanol–water partition coefficient (Wildman–Crippen LogP) is 0.936. The number of piperidine rings is 1. The maximum atomic E-state index is 12.7. The predicted molar refractivity (Wildman–Crippen MR) is 92.1 cm³/mol. The Labute approximate surface area is 147 Å². The fourth-order valence-electron chi connectivity index (χ4n) is 3.49. The summed E-state index contributed by atoms with van der Waals surface area (Å²) in [6.45, 7) is 5.61. The van der Waals surface area contributed by atoms with Crippen LogP contribution in [0.25, 0.3) is 0 Å². The lowest BCUT2D eigenvalue weighted by Gasteiger charge is -2.34. The summed E-state index contributed by atoms with van der Waals surface area (Å²) in [5.74, 6) is 0.262. The highest BCUT2D eigenvalue weighted by molar-refractivity contribution is 5.87. The van der Waals surface area contributed by atoms with Gasteiger partial charge in [-0.25, -0.2) is 4.79 Å². The third-order valence-corrected chi connectivity index (χ3v) is 5.00. The number of ether oxygens (including phenoxy) is 1. The van der Waals surface area contributed by atoms with E-state index < -0.39 is 6.04 Å². The second kappa shape index (κ2) is 8.33. The number of rotatable bonds is 4. The second-order valence-corrected chi connectivity index (χ2v) is 6.65. The van der Waals surface area contributed by atoms with Crippen molar-refractivity contribution in [3.05, 3.63) is 18.0 Å². The minimum Gasteiger partial charge on any atom is -0.378 e. The molecule has 1 aromatic heterocycles. The molecule has 2 N–H and O–H groups in total. The minimum absolute atomic E-state index is 0.0127. The van der Waals surface area contributed by atoms with Gasteiger partial charge in [0.1, 0.15) is 6.04 Å². The summed E-state index contributed by atoms with van der Waals surface area (Å²) in [7, 11) is 0. The van der Waals surface area contributed by atoms with Gasteiger partial charge in [-0.2, -0.15) is 5.10 Å². The van der Waals surface area contributed by atoms with E-state index in [4.69, 9.17) is 4.74 Å². The van der Waals surface area contributed by atoms with Gasteiger partial charge < -0.3 is 19.9 Å².